The number of nitrogens with two attached hydrogens (primary N) is 1. The van der Waals surface area contributed by atoms with Crippen molar-refractivity contribution in [3.8, 4) is 28.6 Å². The number of benzene rings is 2. The first-order chi connectivity index (χ1) is 14.4. The van der Waals surface area contributed by atoms with E-state index in [0.29, 0.717) is 16.8 Å². The maximum absolute atomic E-state index is 12.0. The van der Waals surface area contributed by atoms with Gasteiger partial charge < -0.3 is 20.8 Å². The number of anilines is 1. The molecule has 1 amide bonds. The molecule has 3 aromatic rings. The van der Waals surface area contributed by atoms with Crippen LogP contribution >= 0.6 is 0 Å². The molecule has 0 saturated carbocycles. The second-order valence-electron chi connectivity index (χ2n) is 7.84. The average molecular weight is 407 g/mol. The van der Waals surface area contributed by atoms with Gasteiger partial charge in [0, 0.05) is 30.5 Å². The Balaban J connectivity index is 1.84. The highest BCUT2D eigenvalue weighted by Gasteiger charge is 2.23. The minimum absolute atomic E-state index is 0.00223. The van der Waals surface area contributed by atoms with Gasteiger partial charge in [-0.25, -0.2) is 0 Å². The van der Waals surface area contributed by atoms with Crippen molar-refractivity contribution < 1.29 is 15.0 Å². The largest absolute Gasteiger partial charge is 0.508 e. The van der Waals surface area contributed by atoms with Crippen molar-refractivity contribution in [2.75, 3.05) is 18.0 Å². The van der Waals surface area contributed by atoms with Crippen LogP contribution in [0.1, 0.15) is 48.8 Å². The Kier molecular flexibility index (Phi) is 5.07. The molecule has 0 aliphatic carbocycles. The van der Waals surface area contributed by atoms with Crippen molar-refractivity contribution in [3.05, 3.63) is 47.8 Å². The minimum atomic E-state index is -0.722. The zero-order valence-corrected chi connectivity index (χ0v) is 17.0. The van der Waals surface area contributed by atoms with E-state index in [0.717, 1.165) is 18.8 Å². The fraction of sp³-hybridized carbons (Fsp3) is 0.318. The molecule has 1 fully saturated rings. The van der Waals surface area contributed by atoms with Gasteiger partial charge in [-0.15, -0.1) is 10.2 Å². The van der Waals surface area contributed by atoms with Gasteiger partial charge in [0.1, 0.15) is 11.5 Å². The summed E-state index contributed by atoms with van der Waals surface area (Å²) in [7, 11) is 0. The fourth-order valence-electron chi connectivity index (χ4n) is 3.89. The Labute approximate surface area is 174 Å². The van der Waals surface area contributed by atoms with Gasteiger partial charge in [0.25, 0.3) is 5.91 Å². The van der Waals surface area contributed by atoms with E-state index in [1.807, 2.05) is 38.1 Å². The van der Waals surface area contributed by atoms with Crippen molar-refractivity contribution in [1.82, 2.24) is 14.8 Å². The highest BCUT2D eigenvalue weighted by atomic mass is 16.3. The first-order valence-corrected chi connectivity index (χ1v) is 10.0. The molecule has 1 aliphatic heterocycles. The number of carbonyl (C=O) groups is 1. The van der Waals surface area contributed by atoms with Crippen LogP contribution in [0.5, 0.6) is 11.5 Å². The lowest BCUT2D eigenvalue weighted by atomic mass is 9.98. The van der Waals surface area contributed by atoms with Gasteiger partial charge in [0.05, 0.1) is 5.56 Å². The Morgan fingerprint density at radius 1 is 1.00 bits per heavy atom. The number of hydrogen-bond acceptors (Lipinski definition) is 6. The molecule has 8 nitrogen and oxygen atoms in total. The monoisotopic (exact) mass is 407 g/mol. The third-order valence-corrected chi connectivity index (χ3v) is 5.47. The first-order valence-electron chi connectivity index (χ1n) is 10.0. The minimum Gasteiger partial charge on any atom is -0.508 e. The lowest BCUT2D eigenvalue weighted by Crippen LogP contribution is -2.19. The third kappa shape index (κ3) is 3.45. The summed E-state index contributed by atoms with van der Waals surface area (Å²) in [5, 5.41) is 28.8. The smallest absolute Gasteiger partial charge is 0.287 e. The molecular weight excluding hydrogens is 382 g/mol. The first kappa shape index (κ1) is 19.8. The van der Waals surface area contributed by atoms with E-state index in [1.54, 1.807) is 6.07 Å². The van der Waals surface area contributed by atoms with Gasteiger partial charge in [0.15, 0.2) is 5.82 Å². The van der Waals surface area contributed by atoms with E-state index in [-0.39, 0.29) is 29.1 Å². The van der Waals surface area contributed by atoms with E-state index >= 15 is 0 Å². The average Bonchev–Trinajstić information content (AvgIpc) is 3.38. The van der Waals surface area contributed by atoms with Crippen LogP contribution in [0, 0.1) is 0 Å². The number of primary amides is 1. The topological polar surface area (TPSA) is 118 Å². The number of carbonyl (C=O) groups excluding carboxylic acids is 1. The molecule has 0 radical (unpaired) electrons. The summed E-state index contributed by atoms with van der Waals surface area (Å²) in [6.07, 6.45) is 2.36. The zero-order valence-electron chi connectivity index (χ0n) is 17.0. The molecule has 0 atom stereocenters. The van der Waals surface area contributed by atoms with E-state index in [2.05, 4.69) is 15.1 Å². The summed E-state index contributed by atoms with van der Waals surface area (Å²) in [5.74, 6) is -0.608. The van der Waals surface area contributed by atoms with Gasteiger partial charge in [-0.05, 0) is 54.7 Å². The van der Waals surface area contributed by atoms with Gasteiger partial charge in [0.2, 0.25) is 5.82 Å². The van der Waals surface area contributed by atoms with Crippen molar-refractivity contribution in [2.24, 2.45) is 5.73 Å². The molecule has 4 N–H and O–H groups in total. The van der Waals surface area contributed by atoms with Crippen molar-refractivity contribution >= 4 is 11.6 Å². The Bertz CT molecular complexity index is 1080. The summed E-state index contributed by atoms with van der Waals surface area (Å²) >= 11 is 0. The van der Waals surface area contributed by atoms with Crippen LogP contribution in [0.2, 0.25) is 0 Å². The molecule has 156 valence electrons. The fourth-order valence-corrected chi connectivity index (χ4v) is 3.89. The predicted octanol–water partition coefficient (Wildman–Crippen LogP) is 3.17. The number of aromatic hydroxyl groups is 2. The summed E-state index contributed by atoms with van der Waals surface area (Å²) in [5.41, 5.74) is 8.33. The van der Waals surface area contributed by atoms with Crippen LogP contribution < -0.4 is 10.6 Å². The third-order valence-electron chi connectivity index (χ3n) is 5.47. The number of nitrogens with zero attached hydrogens (tertiary/aromatic N) is 4. The normalized spacial score (nSPS) is 13.9. The van der Waals surface area contributed by atoms with E-state index in [1.165, 1.54) is 23.5 Å². The second-order valence-corrected chi connectivity index (χ2v) is 7.84. The predicted molar refractivity (Wildman–Crippen MR) is 114 cm³/mol. The number of rotatable bonds is 5. The van der Waals surface area contributed by atoms with Crippen LogP contribution in [0.3, 0.4) is 0 Å². The number of amides is 1. The Morgan fingerprint density at radius 3 is 2.23 bits per heavy atom. The second kappa shape index (κ2) is 7.70. The summed E-state index contributed by atoms with van der Waals surface area (Å²) in [6.45, 7) is 5.94. The maximum Gasteiger partial charge on any atom is 0.287 e. The van der Waals surface area contributed by atoms with E-state index < -0.39 is 5.91 Å². The van der Waals surface area contributed by atoms with Gasteiger partial charge in [-0.3, -0.25) is 9.36 Å². The maximum atomic E-state index is 12.0. The van der Waals surface area contributed by atoms with Crippen molar-refractivity contribution in [3.63, 3.8) is 0 Å². The molecule has 2 aromatic carbocycles. The van der Waals surface area contributed by atoms with Crippen LogP contribution in [0.4, 0.5) is 5.69 Å². The molecule has 0 spiro atoms. The van der Waals surface area contributed by atoms with Crippen LogP contribution in [-0.2, 0) is 0 Å². The van der Waals surface area contributed by atoms with Crippen molar-refractivity contribution in [1.29, 1.82) is 0 Å². The number of aromatic nitrogens is 3. The highest BCUT2D eigenvalue weighted by Crippen LogP contribution is 2.38. The van der Waals surface area contributed by atoms with Crippen molar-refractivity contribution in [2.45, 2.75) is 32.6 Å². The standard InChI is InChI=1S/C22H25N5O3/c1-13(2)16-11-17(19(29)12-18(16)28)21-24-25-22(20(23)30)27(21)15-7-5-14(6-8-15)26-9-3-4-10-26/h5-8,11-13,28-29H,3-4,9-10H2,1-2H3,(H2,23,30). The Morgan fingerprint density at radius 2 is 1.63 bits per heavy atom. The summed E-state index contributed by atoms with van der Waals surface area (Å²) in [6, 6.07) is 10.7. The SMILES string of the molecule is CC(C)c1cc(-c2nnc(C(N)=O)n2-c2ccc(N3CCCC3)cc2)c(O)cc1O. The van der Waals surface area contributed by atoms with Gasteiger partial charge >= 0.3 is 0 Å². The number of phenols is 2. The van der Waals surface area contributed by atoms with E-state index in [4.69, 9.17) is 5.73 Å². The molecule has 0 bridgehead atoms. The number of phenolic OH excluding ortho intramolecular Hbond substituents is 2. The van der Waals surface area contributed by atoms with E-state index in [9.17, 15) is 15.0 Å². The molecule has 1 aliphatic rings. The zero-order chi connectivity index (χ0) is 21.4. The molecular formula is C22H25N5O3. The molecule has 8 heteroatoms. The molecule has 0 unspecified atom stereocenters. The lowest BCUT2D eigenvalue weighted by molar-refractivity contribution is 0.0988. The lowest BCUT2D eigenvalue weighted by Gasteiger charge is -2.18. The van der Waals surface area contributed by atoms with Crippen LogP contribution in [0.25, 0.3) is 17.1 Å². The van der Waals surface area contributed by atoms with Gasteiger partial charge in [-0.2, -0.15) is 0 Å². The quantitative estimate of drug-likeness (QED) is 0.598. The van der Waals surface area contributed by atoms with Crippen LogP contribution in [0.15, 0.2) is 36.4 Å². The highest BCUT2D eigenvalue weighted by molar-refractivity contribution is 5.91. The molecule has 2 heterocycles. The summed E-state index contributed by atoms with van der Waals surface area (Å²) in [4.78, 5) is 14.3. The number of hydrogen-bond donors (Lipinski definition) is 3. The van der Waals surface area contributed by atoms with Gasteiger partial charge in [-0.1, -0.05) is 13.8 Å². The summed E-state index contributed by atoms with van der Waals surface area (Å²) < 4.78 is 1.53. The molecule has 4 rings (SSSR count). The molecule has 30 heavy (non-hydrogen) atoms. The molecule has 1 saturated heterocycles. The molecule has 1 aromatic heterocycles. The van der Waals surface area contributed by atoms with Crippen LogP contribution in [-0.4, -0.2) is 44.0 Å². The Hall–Kier alpha value is -3.55.